The molecule has 2 N–H and O–H groups in total. The van der Waals surface area contributed by atoms with Crippen LogP contribution in [0.15, 0.2) is 67.4 Å². The monoisotopic (exact) mass is 386 g/mol. The molecule has 9 nitrogen and oxygen atoms in total. The summed E-state index contributed by atoms with van der Waals surface area (Å²) in [6.45, 7) is 0.426. The number of nitrogens with one attached hydrogen (secondary N) is 2. The van der Waals surface area contributed by atoms with Crippen molar-refractivity contribution in [2.24, 2.45) is 0 Å². The van der Waals surface area contributed by atoms with Crippen LogP contribution in [0.3, 0.4) is 0 Å². The zero-order valence-corrected chi connectivity index (χ0v) is 15.2. The van der Waals surface area contributed by atoms with Gasteiger partial charge in [0.25, 0.3) is 5.69 Å². The molecular formula is C20H16N7O2. The molecule has 4 rings (SSSR count). The Bertz CT molecular complexity index is 1110. The molecular weight excluding hydrogens is 370 g/mol. The number of hydrogen-bond donors (Lipinski definition) is 2. The van der Waals surface area contributed by atoms with Crippen molar-refractivity contribution in [2.45, 2.75) is 0 Å². The first-order chi connectivity index (χ1) is 14.2. The number of nitro groups is 1. The van der Waals surface area contributed by atoms with Crippen LogP contribution in [-0.4, -0.2) is 36.4 Å². The highest BCUT2D eigenvalue weighted by Crippen LogP contribution is 2.29. The molecule has 29 heavy (non-hydrogen) atoms. The lowest BCUT2D eigenvalue weighted by molar-refractivity contribution is -0.385. The van der Waals surface area contributed by atoms with E-state index >= 15 is 0 Å². The highest BCUT2D eigenvalue weighted by molar-refractivity contribution is 5.79. The first-order valence-corrected chi connectivity index (χ1v) is 8.80. The summed E-state index contributed by atoms with van der Waals surface area (Å²) in [5.74, 6) is 1.10. The largest absolute Gasteiger partial charge is 0.369 e. The van der Waals surface area contributed by atoms with E-state index in [4.69, 9.17) is 0 Å². The predicted molar refractivity (Wildman–Crippen MR) is 108 cm³/mol. The maximum absolute atomic E-state index is 10.7. The number of imidazole rings is 1. The second kappa shape index (κ2) is 8.26. The molecule has 9 heteroatoms. The fourth-order valence-electron chi connectivity index (χ4n) is 2.81. The SMILES string of the molecule is O=[N+]([O-])c1ccc(NC[CH]c2nccc(-c3ccccc3-c3c[nH]cn3)n2)nc1. The topological polar surface area (TPSA) is 123 Å². The summed E-state index contributed by atoms with van der Waals surface area (Å²) in [4.78, 5) is 30.4. The molecule has 0 bridgehead atoms. The minimum atomic E-state index is -0.483. The van der Waals surface area contributed by atoms with Gasteiger partial charge < -0.3 is 10.3 Å². The van der Waals surface area contributed by atoms with Crippen LogP contribution in [0.2, 0.25) is 0 Å². The zero-order valence-electron chi connectivity index (χ0n) is 15.2. The Morgan fingerprint density at radius 1 is 1.03 bits per heavy atom. The van der Waals surface area contributed by atoms with Gasteiger partial charge in [0.2, 0.25) is 0 Å². The van der Waals surface area contributed by atoms with Crippen LogP contribution in [0.25, 0.3) is 22.5 Å². The third-order valence-corrected chi connectivity index (χ3v) is 4.18. The van der Waals surface area contributed by atoms with Gasteiger partial charge in [0.05, 0.1) is 22.6 Å². The van der Waals surface area contributed by atoms with Gasteiger partial charge in [0.1, 0.15) is 17.8 Å². The van der Waals surface area contributed by atoms with E-state index in [9.17, 15) is 10.1 Å². The van der Waals surface area contributed by atoms with E-state index in [1.807, 2.05) is 42.9 Å². The van der Waals surface area contributed by atoms with Crippen molar-refractivity contribution < 1.29 is 4.92 Å². The van der Waals surface area contributed by atoms with Gasteiger partial charge in [-0.25, -0.2) is 19.9 Å². The number of anilines is 1. The minimum absolute atomic E-state index is 0.0499. The molecule has 0 saturated carbocycles. The van der Waals surface area contributed by atoms with E-state index in [-0.39, 0.29) is 5.69 Å². The maximum atomic E-state index is 10.7. The van der Waals surface area contributed by atoms with Gasteiger partial charge in [-0.1, -0.05) is 24.3 Å². The van der Waals surface area contributed by atoms with Crippen molar-refractivity contribution in [1.82, 2.24) is 24.9 Å². The van der Waals surface area contributed by atoms with Crippen LogP contribution in [0.1, 0.15) is 5.82 Å². The third-order valence-electron chi connectivity index (χ3n) is 4.18. The van der Waals surface area contributed by atoms with Crippen LogP contribution >= 0.6 is 0 Å². The molecule has 1 radical (unpaired) electrons. The van der Waals surface area contributed by atoms with Gasteiger partial charge in [-0.3, -0.25) is 10.1 Å². The van der Waals surface area contributed by atoms with Gasteiger partial charge in [-0.2, -0.15) is 0 Å². The lowest BCUT2D eigenvalue weighted by atomic mass is 10.0. The lowest BCUT2D eigenvalue weighted by Gasteiger charge is -2.09. The molecule has 0 spiro atoms. The molecule has 0 fully saturated rings. The summed E-state index contributed by atoms with van der Waals surface area (Å²) < 4.78 is 0. The highest BCUT2D eigenvalue weighted by atomic mass is 16.6. The second-order valence-corrected chi connectivity index (χ2v) is 6.04. The standard InChI is InChI=1S/C20H16N7O2/c28-27(29)14-5-6-19(24-11-14)22-10-8-20-23-9-7-17(26-20)15-3-1-2-4-16(15)18-12-21-13-25-18/h1-9,11-13H,10H2,(H,21,25)(H,22,24). The Labute approximate surface area is 166 Å². The Hall–Kier alpha value is -4.14. The molecule has 0 aliphatic carbocycles. The molecule has 0 aliphatic heterocycles. The molecule has 143 valence electrons. The number of rotatable bonds is 7. The first-order valence-electron chi connectivity index (χ1n) is 8.80. The fourth-order valence-corrected chi connectivity index (χ4v) is 2.81. The summed E-state index contributed by atoms with van der Waals surface area (Å²) >= 11 is 0. The van der Waals surface area contributed by atoms with Crippen LogP contribution in [0, 0.1) is 16.5 Å². The summed E-state index contributed by atoms with van der Waals surface area (Å²) in [5.41, 5.74) is 3.52. The summed E-state index contributed by atoms with van der Waals surface area (Å²) in [6, 6.07) is 12.7. The van der Waals surface area contributed by atoms with E-state index in [2.05, 4.69) is 30.2 Å². The van der Waals surface area contributed by atoms with Crippen molar-refractivity contribution in [3.63, 3.8) is 0 Å². The molecule has 0 amide bonds. The van der Waals surface area contributed by atoms with Crippen molar-refractivity contribution in [3.05, 3.63) is 89.7 Å². The van der Waals surface area contributed by atoms with Crippen molar-refractivity contribution in [3.8, 4) is 22.5 Å². The van der Waals surface area contributed by atoms with Crippen LogP contribution in [-0.2, 0) is 0 Å². The predicted octanol–water partition coefficient (Wildman–Crippen LogP) is 3.50. The van der Waals surface area contributed by atoms with Crippen LogP contribution in [0.5, 0.6) is 0 Å². The van der Waals surface area contributed by atoms with Gasteiger partial charge >= 0.3 is 0 Å². The molecule has 0 unspecified atom stereocenters. The molecule has 0 saturated heterocycles. The minimum Gasteiger partial charge on any atom is -0.369 e. The number of benzene rings is 1. The van der Waals surface area contributed by atoms with E-state index in [0.29, 0.717) is 18.2 Å². The van der Waals surface area contributed by atoms with Crippen molar-refractivity contribution >= 4 is 11.5 Å². The molecule has 0 aliphatic rings. The number of aromatic nitrogens is 5. The number of nitrogens with zero attached hydrogens (tertiary/aromatic N) is 5. The Morgan fingerprint density at radius 2 is 1.86 bits per heavy atom. The van der Waals surface area contributed by atoms with Gasteiger partial charge in [0, 0.05) is 42.6 Å². The van der Waals surface area contributed by atoms with Gasteiger partial charge in [-0.05, 0) is 12.1 Å². The Balaban J connectivity index is 1.47. The van der Waals surface area contributed by atoms with Gasteiger partial charge in [-0.15, -0.1) is 0 Å². The number of H-pyrrole nitrogens is 1. The number of pyridine rings is 1. The Morgan fingerprint density at radius 3 is 2.55 bits per heavy atom. The quantitative estimate of drug-likeness (QED) is 0.368. The van der Waals surface area contributed by atoms with E-state index in [1.165, 1.54) is 12.3 Å². The Kier molecular flexibility index (Phi) is 5.19. The van der Waals surface area contributed by atoms with E-state index in [1.54, 1.807) is 18.6 Å². The first kappa shape index (κ1) is 18.2. The molecule has 3 aromatic heterocycles. The molecule has 4 aromatic rings. The van der Waals surface area contributed by atoms with Crippen molar-refractivity contribution in [1.29, 1.82) is 0 Å². The molecule has 0 atom stereocenters. The van der Waals surface area contributed by atoms with E-state index < -0.39 is 4.92 Å². The number of aromatic amines is 1. The third kappa shape index (κ3) is 4.24. The highest BCUT2D eigenvalue weighted by Gasteiger charge is 2.11. The zero-order chi connectivity index (χ0) is 20.1. The lowest BCUT2D eigenvalue weighted by Crippen LogP contribution is -2.07. The summed E-state index contributed by atoms with van der Waals surface area (Å²) in [6.07, 6.45) is 8.23. The molecule has 3 heterocycles. The summed E-state index contributed by atoms with van der Waals surface area (Å²) in [7, 11) is 0. The number of hydrogen-bond acceptors (Lipinski definition) is 7. The van der Waals surface area contributed by atoms with Crippen LogP contribution < -0.4 is 5.32 Å². The normalized spacial score (nSPS) is 10.6. The maximum Gasteiger partial charge on any atom is 0.287 e. The molecule has 1 aromatic carbocycles. The van der Waals surface area contributed by atoms with Crippen molar-refractivity contribution in [2.75, 3.05) is 11.9 Å². The average Bonchev–Trinajstić information content (AvgIpc) is 3.29. The second-order valence-electron chi connectivity index (χ2n) is 6.04. The summed E-state index contributed by atoms with van der Waals surface area (Å²) in [5, 5.41) is 13.7. The fraction of sp³-hybridized carbons (Fsp3) is 0.0500. The van der Waals surface area contributed by atoms with Gasteiger partial charge in [0.15, 0.2) is 0 Å². The average molecular weight is 386 g/mol. The van der Waals surface area contributed by atoms with Crippen LogP contribution in [0.4, 0.5) is 11.5 Å². The van der Waals surface area contributed by atoms with E-state index in [0.717, 1.165) is 22.5 Å². The smallest absolute Gasteiger partial charge is 0.287 e.